The molecule has 0 heterocycles. The van der Waals surface area contributed by atoms with Crippen LogP contribution in [0.3, 0.4) is 0 Å². The molecule has 0 aliphatic carbocycles. The summed E-state index contributed by atoms with van der Waals surface area (Å²) in [6, 6.07) is 4.23. The third kappa shape index (κ3) is 4.90. The molecule has 2 N–H and O–H groups in total. The summed E-state index contributed by atoms with van der Waals surface area (Å²) in [7, 11) is 1.85. The Balaban J connectivity index is 2.86. The summed E-state index contributed by atoms with van der Waals surface area (Å²) in [6.07, 6.45) is -1.39. The first-order chi connectivity index (χ1) is 9.25. The lowest BCUT2D eigenvalue weighted by Crippen LogP contribution is -2.30. The molecule has 114 valence electrons. The van der Waals surface area contributed by atoms with Gasteiger partial charge in [-0.1, -0.05) is 6.07 Å². The van der Waals surface area contributed by atoms with E-state index in [-0.39, 0.29) is 23.8 Å². The standard InChI is InChI=1S/C14H21F3N2S/c1-10(6-7-20-3)19(2)9-11-4-5-12(18)8-13(11)14(15,16)17/h4-5,8,10H,6-7,9,18H2,1-3H3. The molecule has 0 radical (unpaired) electrons. The number of halogens is 3. The van der Waals surface area contributed by atoms with Gasteiger partial charge in [-0.2, -0.15) is 24.9 Å². The van der Waals surface area contributed by atoms with Crippen molar-refractivity contribution in [2.75, 3.05) is 24.8 Å². The fraction of sp³-hybridized carbons (Fsp3) is 0.571. The molecule has 0 spiro atoms. The molecule has 6 heteroatoms. The zero-order chi connectivity index (χ0) is 15.3. The summed E-state index contributed by atoms with van der Waals surface area (Å²) < 4.78 is 39.0. The number of rotatable bonds is 6. The smallest absolute Gasteiger partial charge is 0.399 e. The summed E-state index contributed by atoms with van der Waals surface area (Å²) in [5.74, 6) is 0.999. The Bertz CT molecular complexity index is 435. The van der Waals surface area contributed by atoms with Crippen LogP contribution >= 0.6 is 11.8 Å². The largest absolute Gasteiger partial charge is 0.416 e. The Morgan fingerprint density at radius 1 is 1.35 bits per heavy atom. The number of benzene rings is 1. The quantitative estimate of drug-likeness (QED) is 0.809. The van der Waals surface area contributed by atoms with Crippen molar-refractivity contribution in [1.82, 2.24) is 4.90 Å². The second kappa shape index (κ2) is 7.22. The summed E-state index contributed by atoms with van der Waals surface area (Å²) in [5, 5.41) is 0. The van der Waals surface area contributed by atoms with E-state index in [1.807, 2.05) is 25.1 Å². The van der Waals surface area contributed by atoms with Crippen LogP contribution < -0.4 is 5.73 Å². The molecule has 20 heavy (non-hydrogen) atoms. The molecule has 0 saturated carbocycles. The predicted octanol–water partition coefficient (Wildman–Crippen LogP) is 3.86. The van der Waals surface area contributed by atoms with Gasteiger partial charge in [0.25, 0.3) is 0 Å². The van der Waals surface area contributed by atoms with E-state index in [2.05, 4.69) is 0 Å². The number of alkyl halides is 3. The van der Waals surface area contributed by atoms with E-state index < -0.39 is 11.7 Å². The minimum absolute atomic E-state index is 0.138. The Hall–Kier alpha value is -0.880. The summed E-state index contributed by atoms with van der Waals surface area (Å²) in [6.45, 7) is 2.30. The molecule has 0 fully saturated rings. The molecule has 2 nitrogen and oxygen atoms in total. The van der Waals surface area contributed by atoms with Crippen LogP contribution in [0.25, 0.3) is 0 Å². The Labute approximate surface area is 122 Å². The number of nitrogens with two attached hydrogens (primary N) is 1. The van der Waals surface area contributed by atoms with Gasteiger partial charge in [-0.15, -0.1) is 0 Å². The maximum atomic E-state index is 13.0. The van der Waals surface area contributed by atoms with Crippen molar-refractivity contribution < 1.29 is 13.2 Å². The summed E-state index contributed by atoms with van der Waals surface area (Å²) >= 11 is 1.74. The normalized spacial score (nSPS) is 13.8. The van der Waals surface area contributed by atoms with Crippen molar-refractivity contribution in [2.45, 2.75) is 32.1 Å². The maximum absolute atomic E-state index is 13.0. The number of thioether (sulfide) groups is 1. The van der Waals surface area contributed by atoms with E-state index in [4.69, 9.17) is 5.73 Å². The van der Waals surface area contributed by atoms with Crippen LogP contribution in [-0.2, 0) is 12.7 Å². The van der Waals surface area contributed by atoms with Gasteiger partial charge in [0.05, 0.1) is 5.56 Å². The van der Waals surface area contributed by atoms with Crippen LogP contribution in [0.4, 0.5) is 18.9 Å². The van der Waals surface area contributed by atoms with Crippen LogP contribution in [-0.4, -0.2) is 30.0 Å². The topological polar surface area (TPSA) is 29.3 Å². The predicted molar refractivity (Wildman–Crippen MR) is 79.8 cm³/mol. The van der Waals surface area contributed by atoms with E-state index >= 15 is 0 Å². The van der Waals surface area contributed by atoms with Crippen LogP contribution in [0.1, 0.15) is 24.5 Å². The fourth-order valence-corrected chi connectivity index (χ4v) is 2.51. The lowest BCUT2D eigenvalue weighted by atomic mass is 10.0. The molecule has 1 unspecified atom stereocenters. The van der Waals surface area contributed by atoms with Crippen LogP contribution in [0.2, 0.25) is 0 Å². The third-order valence-corrected chi connectivity index (χ3v) is 4.00. The van der Waals surface area contributed by atoms with Crippen molar-refractivity contribution in [3.05, 3.63) is 29.3 Å². The lowest BCUT2D eigenvalue weighted by Gasteiger charge is -2.26. The third-order valence-electron chi connectivity index (χ3n) is 3.35. The highest BCUT2D eigenvalue weighted by Crippen LogP contribution is 2.34. The lowest BCUT2D eigenvalue weighted by molar-refractivity contribution is -0.138. The highest BCUT2D eigenvalue weighted by molar-refractivity contribution is 7.98. The highest BCUT2D eigenvalue weighted by Gasteiger charge is 2.33. The molecule has 0 bridgehead atoms. The molecule has 0 amide bonds. The van der Waals surface area contributed by atoms with Crippen molar-refractivity contribution >= 4 is 17.4 Å². The number of nitrogen functional groups attached to an aromatic ring is 1. The van der Waals surface area contributed by atoms with Gasteiger partial charge in [-0.25, -0.2) is 0 Å². The molecule has 0 aliphatic rings. The average molecular weight is 306 g/mol. The van der Waals surface area contributed by atoms with Crippen LogP contribution in [0.5, 0.6) is 0 Å². The van der Waals surface area contributed by atoms with Crippen molar-refractivity contribution in [3.8, 4) is 0 Å². The number of nitrogens with zero attached hydrogens (tertiary/aromatic N) is 1. The second-order valence-electron chi connectivity index (χ2n) is 4.96. The van der Waals surface area contributed by atoms with Gasteiger partial charge in [0.15, 0.2) is 0 Å². The molecule has 0 saturated heterocycles. The fourth-order valence-electron chi connectivity index (χ4n) is 1.93. The number of hydrogen-bond donors (Lipinski definition) is 1. The zero-order valence-electron chi connectivity index (χ0n) is 12.0. The van der Waals surface area contributed by atoms with Gasteiger partial charge in [0.2, 0.25) is 0 Å². The minimum atomic E-state index is -4.37. The highest BCUT2D eigenvalue weighted by atomic mass is 32.2. The molecule has 1 atom stereocenters. The van der Waals surface area contributed by atoms with E-state index in [0.29, 0.717) is 0 Å². The zero-order valence-corrected chi connectivity index (χ0v) is 12.8. The molecule has 1 aromatic rings. The van der Waals surface area contributed by atoms with E-state index in [0.717, 1.165) is 18.2 Å². The van der Waals surface area contributed by atoms with E-state index in [1.165, 1.54) is 12.1 Å². The molecule has 0 aromatic heterocycles. The summed E-state index contributed by atoms with van der Waals surface area (Å²) in [4.78, 5) is 1.94. The molecular weight excluding hydrogens is 285 g/mol. The number of anilines is 1. The first-order valence-corrected chi connectivity index (χ1v) is 7.80. The van der Waals surface area contributed by atoms with E-state index in [9.17, 15) is 13.2 Å². The summed E-state index contributed by atoms with van der Waals surface area (Å²) in [5.41, 5.74) is 5.23. The molecule has 1 aromatic carbocycles. The molecule has 0 aliphatic heterocycles. The minimum Gasteiger partial charge on any atom is -0.399 e. The second-order valence-corrected chi connectivity index (χ2v) is 5.95. The first-order valence-electron chi connectivity index (χ1n) is 6.40. The van der Waals surface area contributed by atoms with Crippen molar-refractivity contribution in [1.29, 1.82) is 0 Å². The van der Waals surface area contributed by atoms with Gasteiger partial charge < -0.3 is 5.73 Å². The number of hydrogen-bond acceptors (Lipinski definition) is 3. The Morgan fingerprint density at radius 3 is 2.55 bits per heavy atom. The Morgan fingerprint density at radius 2 is 2.00 bits per heavy atom. The van der Waals surface area contributed by atoms with Gasteiger partial charge in [-0.3, -0.25) is 4.90 Å². The van der Waals surface area contributed by atoms with Crippen LogP contribution in [0.15, 0.2) is 18.2 Å². The average Bonchev–Trinajstić information content (AvgIpc) is 2.36. The van der Waals surface area contributed by atoms with Gasteiger partial charge in [-0.05, 0) is 50.1 Å². The Kier molecular flexibility index (Phi) is 6.20. The van der Waals surface area contributed by atoms with E-state index in [1.54, 1.807) is 11.8 Å². The van der Waals surface area contributed by atoms with Crippen molar-refractivity contribution in [2.24, 2.45) is 0 Å². The van der Waals surface area contributed by atoms with Gasteiger partial charge in [0.1, 0.15) is 0 Å². The van der Waals surface area contributed by atoms with Gasteiger partial charge in [0, 0.05) is 18.3 Å². The monoisotopic (exact) mass is 306 g/mol. The maximum Gasteiger partial charge on any atom is 0.416 e. The van der Waals surface area contributed by atoms with Crippen LogP contribution in [0, 0.1) is 0 Å². The van der Waals surface area contributed by atoms with Gasteiger partial charge >= 0.3 is 6.18 Å². The SMILES string of the molecule is CSCCC(C)N(C)Cc1ccc(N)cc1C(F)(F)F. The molecular formula is C14H21F3N2S. The first kappa shape index (κ1) is 17.2. The van der Waals surface area contributed by atoms with Crippen molar-refractivity contribution in [3.63, 3.8) is 0 Å². The molecule has 1 rings (SSSR count).